The van der Waals surface area contributed by atoms with Crippen LogP contribution in [0.4, 0.5) is 0 Å². The molecule has 2 rings (SSSR count). The van der Waals surface area contributed by atoms with E-state index in [1.165, 1.54) is 27.9 Å². The molecule has 0 saturated carbocycles. The minimum absolute atomic E-state index is 0.0777. The summed E-state index contributed by atoms with van der Waals surface area (Å²) in [6.07, 6.45) is -4.79. The molecule has 1 aliphatic rings. The summed E-state index contributed by atoms with van der Waals surface area (Å²) in [5.41, 5.74) is 1.18. The summed E-state index contributed by atoms with van der Waals surface area (Å²) in [6.45, 7) is 5.24. The van der Waals surface area contributed by atoms with Crippen LogP contribution in [0.1, 0.15) is 51.3 Å². The van der Waals surface area contributed by atoms with Gasteiger partial charge in [-0.3, -0.25) is 19.2 Å². The van der Waals surface area contributed by atoms with E-state index in [9.17, 15) is 19.2 Å². The number of hydrogen-bond acceptors (Lipinski definition) is 9. The predicted molar refractivity (Wildman–Crippen MR) is 109 cm³/mol. The number of ether oxygens (including phenoxy) is 5. The van der Waals surface area contributed by atoms with Gasteiger partial charge in [0.2, 0.25) is 0 Å². The van der Waals surface area contributed by atoms with Crippen LogP contribution >= 0.6 is 0 Å². The summed E-state index contributed by atoms with van der Waals surface area (Å²) in [5, 5.41) is 8.99. The van der Waals surface area contributed by atoms with Gasteiger partial charge in [-0.2, -0.15) is 0 Å². The molecule has 1 N–H and O–H groups in total. The molecule has 0 spiro atoms. The molecule has 0 aromatic heterocycles. The Hall–Kier alpha value is -3.14. The number of aryl methyl sites for hydroxylation is 1. The zero-order valence-electron chi connectivity index (χ0n) is 18.7. The number of carboxylic acids is 1. The fraction of sp³-hybridized carbons (Fsp3) is 0.545. The van der Waals surface area contributed by atoms with Crippen molar-refractivity contribution in [1.82, 2.24) is 0 Å². The number of hydrogen-bond donors (Lipinski definition) is 1. The fourth-order valence-corrected chi connectivity index (χ4v) is 3.68. The first kappa shape index (κ1) is 25.1. The first-order valence-electron chi connectivity index (χ1n) is 10.1. The lowest BCUT2D eigenvalue weighted by Gasteiger charge is -2.44. The number of methoxy groups -OCH3 is 1. The van der Waals surface area contributed by atoms with Gasteiger partial charge in [-0.1, -0.05) is 6.07 Å². The van der Waals surface area contributed by atoms with E-state index in [2.05, 4.69) is 0 Å². The second-order valence-electron chi connectivity index (χ2n) is 7.45. The molecule has 1 aromatic carbocycles. The number of carbonyl (C=O) groups excluding carboxylic acids is 3. The highest BCUT2D eigenvalue weighted by Crippen LogP contribution is 2.41. The number of aliphatic carboxylic acids is 1. The third-order valence-corrected chi connectivity index (χ3v) is 4.90. The number of esters is 3. The van der Waals surface area contributed by atoms with Crippen molar-refractivity contribution >= 4 is 23.9 Å². The van der Waals surface area contributed by atoms with E-state index in [4.69, 9.17) is 28.8 Å². The van der Waals surface area contributed by atoms with Gasteiger partial charge >= 0.3 is 23.9 Å². The van der Waals surface area contributed by atoms with E-state index >= 15 is 0 Å². The normalized spacial score (nSPS) is 24.8. The summed E-state index contributed by atoms with van der Waals surface area (Å²) in [4.78, 5) is 46.4. The van der Waals surface area contributed by atoms with Gasteiger partial charge in [0.05, 0.1) is 13.2 Å². The molecule has 0 aliphatic carbocycles. The minimum Gasteiger partial charge on any atom is -0.496 e. The average Bonchev–Trinajstić information content (AvgIpc) is 2.69. The summed E-state index contributed by atoms with van der Waals surface area (Å²) >= 11 is 0. The van der Waals surface area contributed by atoms with Crippen LogP contribution in [0.15, 0.2) is 18.2 Å². The Balaban J connectivity index is 2.55. The molecule has 1 saturated heterocycles. The van der Waals surface area contributed by atoms with Crippen molar-refractivity contribution in [2.75, 3.05) is 7.11 Å². The standard InChI is InChI=1S/C22H28O10/c1-11-19(30-12(2)23)21(31-13(3)24)22(32-14(4)25)20(29-11)16-10-15(7-9-18(26)27)6-8-17(16)28-5/h6,8,10-11,19-22H,7,9H2,1-5H3,(H,26,27)/t11-,19+,20+,21+,22+/m0/s1. The smallest absolute Gasteiger partial charge is 0.303 e. The predicted octanol–water partition coefficient (Wildman–Crippen LogP) is 1.97. The summed E-state index contributed by atoms with van der Waals surface area (Å²) in [5.74, 6) is -2.46. The van der Waals surface area contributed by atoms with Crippen LogP contribution in [0, 0.1) is 0 Å². The molecule has 10 nitrogen and oxygen atoms in total. The molecule has 0 radical (unpaired) electrons. The zero-order chi connectivity index (χ0) is 24.0. The van der Waals surface area contributed by atoms with Gasteiger partial charge in [0.1, 0.15) is 11.9 Å². The molecule has 0 unspecified atom stereocenters. The van der Waals surface area contributed by atoms with Gasteiger partial charge in [-0.15, -0.1) is 0 Å². The lowest BCUT2D eigenvalue weighted by Crippen LogP contribution is -2.57. The van der Waals surface area contributed by atoms with Crippen LogP contribution in [-0.4, -0.2) is 60.5 Å². The van der Waals surface area contributed by atoms with Gasteiger partial charge in [-0.25, -0.2) is 0 Å². The molecule has 0 amide bonds. The van der Waals surface area contributed by atoms with Crippen molar-refractivity contribution in [3.63, 3.8) is 0 Å². The van der Waals surface area contributed by atoms with Gasteiger partial charge in [0, 0.05) is 32.8 Å². The molecule has 176 valence electrons. The highest BCUT2D eigenvalue weighted by Gasteiger charge is 2.51. The van der Waals surface area contributed by atoms with E-state index in [-0.39, 0.29) is 12.8 Å². The van der Waals surface area contributed by atoms with E-state index in [0.717, 1.165) is 0 Å². The molecule has 10 heteroatoms. The molecule has 1 heterocycles. The molecule has 1 aromatic rings. The quantitative estimate of drug-likeness (QED) is 0.461. The molecule has 0 bridgehead atoms. The Bertz CT molecular complexity index is 864. The van der Waals surface area contributed by atoms with Gasteiger partial charge in [-0.05, 0) is 31.0 Å². The zero-order valence-corrected chi connectivity index (χ0v) is 18.7. The number of carbonyl (C=O) groups is 4. The van der Waals surface area contributed by atoms with Crippen LogP contribution in [0.3, 0.4) is 0 Å². The SMILES string of the molecule is COc1ccc(CCC(=O)O)cc1[C@H]1O[C@@H](C)[C@@H](OC(C)=O)[C@@H](OC(C)=O)[C@@H]1OC(C)=O. The second-order valence-corrected chi connectivity index (χ2v) is 7.45. The maximum atomic E-state index is 11.9. The molecule has 32 heavy (non-hydrogen) atoms. The van der Waals surface area contributed by atoms with E-state index in [0.29, 0.717) is 16.9 Å². The van der Waals surface area contributed by atoms with Crippen molar-refractivity contribution in [2.24, 2.45) is 0 Å². The van der Waals surface area contributed by atoms with Gasteiger partial charge < -0.3 is 28.8 Å². The Morgan fingerprint density at radius 3 is 2.03 bits per heavy atom. The van der Waals surface area contributed by atoms with E-state index in [1.807, 2.05) is 0 Å². The monoisotopic (exact) mass is 452 g/mol. The summed E-state index contributed by atoms with van der Waals surface area (Å²) in [7, 11) is 1.45. The van der Waals surface area contributed by atoms with E-state index < -0.39 is 54.4 Å². The van der Waals surface area contributed by atoms with Crippen molar-refractivity contribution in [3.8, 4) is 5.75 Å². The van der Waals surface area contributed by atoms with Crippen LogP contribution in [0.2, 0.25) is 0 Å². The van der Waals surface area contributed by atoms with Crippen molar-refractivity contribution < 1.29 is 48.0 Å². The number of rotatable bonds is 8. The molecule has 5 atom stereocenters. The first-order valence-corrected chi connectivity index (χ1v) is 10.1. The molecule has 1 aliphatic heterocycles. The van der Waals surface area contributed by atoms with Crippen molar-refractivity contribution in [3.05, 3.63) is 29.3 Å². The largest absolute Gasteiger partial charge is 0.496 e. The van der Waals surface area contributed by atoms with Crippen molar-refractivity contribution in [1.29, 1.82) is 0 Å². The average molecular weight is 452 g/mol. The van der Waals surface area contributed by atoms with Gasteiger partial charge in [0.25, 0.3) is 0 Å². The number of benzene rings is 1. The van der Waals surface area contributed by atoms with Crippen LogP contribution in [0.5, 0.6) is 5.75 Å². The van der Waals surface area contributed by atoms with Crippen LogP contribution in [-0.2, 0) is 44.5 Å². The van der Waals surface area contributed by atoms with E-state index in [1.54, 1.807) is 25.1 Å². The lowest BCUT2D eigenvalue weighted by atomic mass is 9.89. The number of carboxylic acid groups (broad SMARTS) is 1. The highest BCUT2D eigenvalue weighted by molar-refractivity contribution is 5.69. The summed E-state index contributed by atoms with van der Waals surface area (Å²) < 4.78 is 27.8. The molecular weight excluding hydrogens is 424 g/mol. The fourth-order valence-electron chi connectivity index (χ4n) is 3.68. The second kappa shape index (κ2) is 10.9. The Morgan fingerprint density at radius 1 is 0.938 bits per heavy atom. The Morgan fingerprint density at radius 2 is 1.50 bits per heavy atom. The Kier molecular flexibility index (Phi) is 8.59. The first-order chi connectivity index (χ1) is 15.0. The maximum absolute atomic E-state index is 11.9. The third kappa shape index (κ3) is 6.43. The third-order valence-electron chi connectivity index (χ3n) is 4.90. The molecule has 1 fully saturated rings. The highest BCUT2D eigenvalue weighted by atomic mass is 16.6. The summed E-state index contributed by atoms with van der Waals surface area (Å²) in [6, 6.07) is 5.08. The molecular formula is C22H28O10. The van der Waals surface area contributed by atoms with Crippen LogP contribution < -0.4 is 4.74 Å². The lowest BCUT2D eigenvalue weighted by molar-refractivity contribution is -0.245. The topological polar surface area (TPSA) is 135 Å². The van der Waals surface area contributed by atoms with Crippen molar-refractivity contribution in [2.45, 2.75) is 71.1 Å². The minimum atomic E-state index is -1.15. The maximum Gasteiger partial charge on any atom is 0.303 e. The van der Waals surface area contributed by atoms with Gasteiger partial charge in [0.15, 0.2) is 18.3 Å². The van der Waals surface area contributed by atoms with Crippen LogP contribution in [0.25, 0.3) is 0 Å². The Labute approximate surface area is 185 Å².